The summed E-state index contributed by atoms with van der Waals surface area (Å²) in [4.78, 5) is 30.0. The molecule has 3 aromatic carbocycles. The Bertz CT molecular complexity index is 1440. The van der Waals surface area contributed by atoms with E-state index in [4.69, 9.17) is 4.74 Å². The van der Waals surface area contributed by atoms with Crippen LogP contribution < -0.4 is 14.4 Å². The molecule has 2 amide bonds. The summed E-state index contributed by atoms with van der Waals surface area (Å²) in [7, 11) is -4.20. The van der Waals surface area contributed by atoms with E-state index in [0.717, 1.165) is 26.7 Å². The quantitative estimate of drug-likeness (QED) is 0.223. The molecule has 0 spiro atoms. The maximum atomic E-state index is 14.3. The Morgan fingerprint density at radius 3 is 2.24 bits per heavy atom. The van der Waals surface area contributed by atoms with Crippen LogP contribution in [0.1, 0.15) is 44.7 Å². The van der Waals surface area contributed by atoms with Gasteiger partial charge in [0.15, 0.2) is 0 Å². The van der Waals surface area contributed by atoms with Crippen LogP contribution in [0.2, 0.25) is 0 Å². The molecular formula is C32H41N3O5S2. The highest BCUT2D eigenvalue weighted by molar-refractivity contribution is 7.98. The van der Waals surface area contributed by atoms with Gasteiger partial charge in [0.05, 0.1) is 17.2 Å². The van der Waals surface area contributed by atoms with Crippen molar-refractivity contribution in [3.8, 4) is 5.75 Å². The van der Waals surface area contributed by atoms with E-state index >= 15 is 0 Å². The van der Waals surface area contributed by atoms with E-state index in [-0.39, 0.29) is 23.0 Å². The van der Waals surface area contributed by atoms with Gasteiger partial charge in [-0.2, -0.15) is 0 Å². The molecule has 0 aliphatic rings. The van der Waals surface area contributed by atoms with Crippen LogP contribution in [-0.2, 0) is 26.2 Å². The molecule has 3 rings (SSSR count). The first-order chi connectivity index (χ1) is 20.2. The fourth-order valence-electron chi connectivity index (χ4n) is 4.59. The Kier molecular flexibility index (Phi) is 12.3. The van der Waals surface area contributed by atoms with Gasteiger partial charge in [0.25, 0.3) is 10.0 Å². The average molecular weight is 612 g/mol. The third-order valence-electron chi connectivity index (χ3n) is 6.90. The molecule has 0 aliphatic heterocycles. The number of para-hydroxylation sites is 2. The second-order valence-corrected chi connectivity index (χ2v) is 12.5. The Labute approximate surface area is 254 Å². The summed E-state index contributed by atoms with van der Waals surface area (Å²) >= 11 is 1.51. The molecule has 1 N–H and O–H groups in total. The van der Waals surface area contributed by atoms with Crippen molar-refractivity contribution >= 4 is 39.3 Å². The summed E-state index contributed by atoms with van der Waals surface area (Å²) in [6.07, 6.45) is 3.03. The standard InChI is InChI=1S/C32H41N3O5S2/c1-6-21-33-32(37)28(7-2)34(22-25-14-10-9-13-24(25)4)31(36)23-35(29-15-11-12-16-30(29)40-8-3)42(38,39)27-19-17-26(41-5)18-20-27/h9-20,28H,6-8,21-23H2,1-5H3,(H,33,37)/t28-/m1/s1. The first-order valence-electron chi connectivity index (χ1n) is 14.2. The minimum Gasteiger partial charge on any atom is -0.492 e. The van der Waals surface area contributed by atoms with Crippen molar-refractivity contribution in [1.82, 2.24) is 10.2 Å². The number of carbonyl (C=O) groups is 2. The zero-order valence-corrected chi connectivity index (χ0v) is 26.6. The van der Waals surface area contributed by atoms with Gasteiger partial charge < -0.3 is 15.0 Å². The second kappa shape index (κ2) is 15.7. The summed E-state index contributed by atoms with van der Waals surface area (Å²) in [5.41, 5.74) is 2.10. The number of anilines is 1. The van der Waals surface area contributed by atoms with Crippen molar-refractivity contribution in [3.05, 3.63) is 83.9 Å². The van der Waals surface area contributed by atoms with Gasteiger partial charge in [-0.05, 0) is 80.5 Å². The first-order valence-corrected chi connectivity index (χ1v) is 16.8. The number of rotatable bonds is 15. The number of ether oxygens (including phenoxy) is 1. The molecule has 8 nitrogen and oxygen atoms in total. The summed E-state index contributed by atoms with van der Waals surface area (Å²) in [6.45, 7) is 8.01. The molecule has 0 bridgehead atoms. The van der Waals surface area contributed by atoms with Gasteiger partial charge in [0, 0.05) is 18.0 Å². The molecule has 1 atom stereocenters. The number of aryl methyl sites for hydroxylation is 1. The van der Waals surface area contributed by atoms with Gasteiger partial charge in [0.2, 0.25) is 11.8 Å². The zero-order valence-electron chi connectivity index (χ0n) is 25.0. The van der Waals surface area contributed by atoms with Gasteiger partial charge in [-0.1, -0.05) is 50.2 Å². The molecule has 3 aromatic rings. The average Bonchev–Trinajstić information content (AvgIpc) is 3.00. The molecule has 0 aliphatic carbocycles. The topological polar surface area (TPSA) is 96.0 Å². The van der Waals surface area contributed by atoms with Gasteiger partial charge in [-0.3, -0.25) is 13.9 Å². The van der Waals surface area contributed by atoms with Crippen LogP contribution in [0.25, 0.3) is 0 Å². The number of nitrogens with zero attached hydrogens (tertiary/aromatic N) is 2. The van der Waals surface area contributed by atoms with Crippen molar-refractivity contribution in [2.24, 2.45) is 0 Å². The Morgan fingerprint density at radius 1 is 0.952 bits per heavy atom. The lowest BCUT2D eigenvalue weighted by Crippen LogP contribution is -2.52. The predicted molar refractivity (Wildman–Crippen MR) is 169 cm³/mol. The molecule has 0 unspecified atom stereocenters. The zero-order chi connectivity index (χ0) is 30.7. The van der Waals surface area contributed by atoms with Crippen molar-refractivity contribution in [3.63, 3.8) is 0 Å². The largest absolute Gasteiger partial charge is 0.492 e. The lowest BCUT2D eigenvalue weighted by atomic mass is 10.1. The molecule has 226 valence electrons. The van der Waals surface area contributed by atoms with Crippen LogP contribution in [0.5, 0.6) is 5.75 Å². The van der Waals surface area contributed by atoms with Crippen molar-refractivity contribution in [2.45, 2.75) is 62.9 Å². The van der Waals surface area contributed by atoms with E-state index in [1.165, 1.54) is 16.7 Å². The maximum Gasteiger partial charge on any atom is 0.264 e. The summed E-state index contributed by atoms with van der Waals surface area (Å²) < 4.78 is 35.3. The first kappa shape index (κ1) is 33.0. The number of benzene rings is 3. The Morgan fingerprint density at radius 2 is 1.62 bits per heavy atom. The molecular weight excluding hydrogens is 571 g/mol. The molecule has 0 saturated heterocycles. The lowest BCUT2D eigenvalue weighted by molar-refractivity contribution is -0.140. The Balaban J connectivity index is 2.12. The van der Waals surface area contributed by atoms with Crippen LogP contribution in [0.4, 0.5) is 5.69 Å². The van der Waals surface area contributed by atoms with Crippen LogP contribution in [0.15, 0.2) is 82.6 Å². The monoisotopic (exact) mass is 611 g/mol. The van der Waals surface area contributed by atoms with E-state index in [0.29, 0.717) is 25.3 Å². The van der Waals surface area contributed by atoms with Crippen LogP contribution in [-0.4, -0.2) is 57.1 Å². The van der Waals surface area contributed by atoms with Gasteiger partial charge >= 0.3 is 0 Å². The highest BCUT2D eigenvalue weighted by Gasteiger charge is 2.34. The molecule has 0 radical (unpaired) electrons. The van der Waals surface area contributed by atoms with Crippen LogP contribution in [0, 0.1) is 6.92 Å². The van der Waals surface area contributed by atoms with Crippen LogP contribution in [0.3, 0.4) is 0 Å². The van der Waals surface area contributed by atoms with Gasteiger partial charge in [0.1, 0.15) is 18.3 Å². The number of hydrogen-bond donors (Lipinski definition) is 1. The van der Waals surface area contributed by atoms with Gasteiger partial charge in [-0.15, -0.1) is 11.8 Å². The fourth-order valence-corrected chi connectivity index (χ4v) is 6.42. The molecule has 0 saturated carbocycles. The van der Waals surface area contributed by atoms with E-state index in [9.17, 15) is 18.0 Å². The highest BCUT2D eigenvalue weighted by atomic mass is 32.2. The number of carbonyl (C=O) groups excluding carboxylic acids is 2. The molecule has 0 fully saturated rings. The number of thioether (sulfide) groups is 1. The minimum atomic E-state index is -4.20. The fraction of sp³-hybridized carbons (Fsp3) is 0.375. The number of hydrogen-bond acceptors (Lipinski definition) is 6. The maximum absolute atomic E-state index is 14.3. The number of nitrogens with one attached hydrogen (secondary N) is 1. The SMILES string of the molecule is CCCNC(=O)[C@@H](CC)N(Cc1ccccc1C)C(=O)CN(c1ccccc1OCC)S(=O)(=O)c1ccc(SC)cc1. The number of amides is 2. The summed E-state index contributed by atoms with van der Waals surface area (Å²) in [5.74, 6) is -0.416. The van der Waals surface area contributed by atoms with E-state index in [2.05, 4.69) is 5.32 Å². The summed E-state index contributed by atoms with van der Waals surface area (Å²) in [6, 6.07) is 20.2. The third-order valence-corrected chi connectivity index (χ3v) is 9.41. The van der Waals surface area contributed by atoms with E-state index in [1.54, 1.807) is 48.5 Å². The van der Waals surface area contributed by atoms with Crippen LogP contribution >= 0.6 is 11.8 Å². The molecule has 10 heteroatoms. The third kappa shape index (κ3) is 8.07. The summed E-state index contributed by atoms with van der Waals surface area (Å²) in [5, 5.41) is 2.91. The smallest absolute Gasteiger partial charge is 0.264 e. The lowest BCUT2D eigenvalue weighted by Gasteiger charge is -2.34. The molecule has 0 heterocycles. The minimum absolute atomic E-state index is 0.0533. The number of sulfonamides is 1. The van der Waals surface area contributed by atoms with Crippen molar-refractivity contribution in [2.75, 3.05) is 30.3 Å². The Hall–Kier alpha value is -3.50. The van der Waals surface area contributed by atoms with Gasteiger partial charge in [-0.25, -0.2) is 8.42 Å². The second-order valence-electron chi connectivity index (χ2n) is 9.75. The van der Waals surface area contributed by atoms with Crippen molar-refractivity contribution in [1.29, 1.82) is 0 Å². The van der Waals surface area contributed by atoms with E-state index in [1.807, 2.05) is 58.2 Å². The predicted octanol–water partition coefficient (Wildman–Crippen LogP) is 5.64. The highest BCUT2D eigenvalue weighted by Crippen LogP contribution is 2.33. The molecule has 42 heavy (non-hydrogen) atoms. The van der Waals surface area contributed by atoms with E-state index < -0.39 is 28.5 Å². The molecule has 0 aromatic heterocycles. The van der Waals surface area contributed by atoms with Crippen molar-refractivity contribution < 1.29 is 22.7 Å². The normalized spacial score (nSPS) is 11.9.